The maximum absolute atomic E-state index is 11.6. The Morgan fingerprint density at radius 3 is 2.75 bits per heavy atom. The third-order valence-electron chi connectivity index (χ3n) is 4.57. The van der Waals surface area contributed by atoms with E-state index in [1.165, 1.54) is 29.4 Å². The summed E-state index contributed by atoms with van der Waals surface area (Å²) in [6.07, 6.45) is 5.60. The Labute approximate surface area is 147 Å². The van der Waals surface area contributed by atoms with E-state index in [9.17, 15) is 4.79 Å². The molecule has 5 heteroatoms. The molecule has 1 aliphatic heterocycles. The van der Waals surface area contributed by atoms with E-state index in [0.717, 1.165) is 24.8 Å². The van der Waals surface area contributed by atoms with Crippen LogP contribution in [0.1, 0.15) is 29.2 Å². The van der Waals surface area contributed by atoms with Crippen molar-refractivity contribution < 1.29 is 4.79 Å². The molecule has 1 aromatic heterocycles. The lowest BCUT2D eigenvalue weighted by atomic mass is 9.89. The number of anilines is 1. The van der Waals surface area contributed by atoms with Crippen molar-refractivity contribution in [3.8, 4) is 0 Å². The Morgan fingerprint density at radius 1 is 1.38 bits per heavy atom. The normalized spacial score (nSPS) is 16.0. The molecular formula is C19H23N3OS. The maximum Gasteiger partial charge on any atom is 0.251 e. The van der Waals surface area contributed by atoms with Crippen molar-refractivity contribution in [1.82, 2.24) is 9.88 Å². The van der Waals surface area contributed by atoms with Gasteiger partial charge in [-0.1, -0.05) is 36.9 Å². The fourth-order valence-corrected chi connectivity index (χ4v) is 4.05. The van der Waals surface area contributed by atoms with E-state index in [1.807, 2.05) is 6.20 Å². The molecule has 1 aliphatic rings. The van der Waals surface area contributed by atoms with Gasteiger partial charge in [0.05, 0.1) is 0 Å². The van der Waals surface area contributed by atoms with E-state index in [-0.39, 0.29) is 5.91 Å². The summed E-state index contributed by atoms with van der Waals surface area (Å²) < 4.78 is 0. The number of amides is 1. The SMILES string of the molecule is C=CC(=O)N(C)c1ncc(CN2CCC(c3ccccc3)CC2)s1. The number of thiazole rings is 1. The molecule has 0 unspecified atom stereocenters. The largest absolute Gasteiger partial charge is 0.298 e. The number of nitrogens with zero attached hydrogens (tertiary/aromatic N) is 3. The van der Waals surface area contributed by atoms with Gasteiger partial charge in [0.2, 0.25) is 0 Å². The Balaban J connectivity index is 1.54. The van der Waals surface area contributed by atoms with E-state index in [4.69, 9.17) is 0 Å². The predicted octanol–water partition coefficient (Wildman–Crippen LogP) is 3.67. The summed E-state index contributed by atoms with van der Waals surface area (Å²) in [5.41, 5.74) is 1.46. The van der Waals surface area contributed by atoms with Gasteiger partial charge in [-0.25, -0.2) is 4.98 Å². The van der Waals surface area contributed by atoms with Gasteiger partial charge in [0.25, 0.3) is 5.91 Å². The first-order chi connectivity index (χ1) is 11.7. The Morgan fingerprint density at radius 2 is 2.08 bits per heavy atom. The molecule has 2 heterocycles. The number of rotatable bonds is 5. The van der Waals surface area contributed by atoms with E-state index >= 15 is 0 Å². The van der Waals surface area contributed by atoms with Crippen molar-refractivity contribution in [3.05, 3.63) is 59.6 Å². The fourth-order valence-electron chi connectivity index (χ4n) is 3.13. The highest BCUT2D eigenvalue weighted by molar-refractivity contribution is 7.15. The third kappa shape index (κ3) is 3.91. The van der Waals surface area contributed by atoms with Crippen molar-refractivity contribution >= 4 is 22.4 Å². The summed E-state index contributed by atoms with van der Waals surface area (Å²) >= 11 is 1.58. The van der Waals surface area contributed by atoms with E-state index in [2.05, 4.69) is 46.8 Å². The monoisotopic (exact) mass is 341 g/mol. The van der Waals surface area contributed by atoms with Crippen LogP contribution in [0.15, 0.2) is 49.2 Å². The second kappa shape index (κ2) is 7.73. The number of likely N-dealkylation sites (N-methyl/N-ethyl adjacent to an activating group) is 1. The lowest BCUT2D eigenvalue weighted by Gasteiger charge is -2.31. The zero-order valence-electron chi connectivity index (χ0n) is 14.0. The molecule has 1 amide bonds. The van der Waals surface area contributed by atoms with Crippen LogP contribution in [0.3, 0.4) is 0 Å². The van der Waals surface area contributed by atoms with Gasteiger partial charge < -0.3 is 0 Å². The van der Waals surface area contributed by atoms with Crippen molar-refractivity contribution in [3.63, 3.8) is 0 Å². The average molecular weight is 341 g/mol. The smallest absolute Gasteiger partial charge is 0.251 e. The second-order valence-corrected chi connectivity index (χ2v) is 7.27. The number of hydrogen-bond acceptors (Lipinski definition) is 4. The molecule has 1 fully saturated rings. The molecule has 0 aliphatic carbocycles. The second-order valence-electron chi connectivity index (χ2n) is 6.17. The van der Waals surface area contributed by atoms with Gasteiger partial charge in [-0.05, 0) is 43.5 Å². The molecule has 4 nitrogen and oxygen atoms in total. The van der Waals surface area contributed by atoms with Crippen LogP contribution < -0.4 is 4.90 Å². The standard InChI is InChI=1S/C19H23N3OS/c1-3-18(23)21(2)19-20-13-17(24-19)14-22-11-9-16(10-12-22)15-7-5-4-6-8-15/h3-8,13,16H,1,9-12,14H2,2H3. The summed E-state index contributed by atoms with van der Waals surface area (Å²) in [5.74, 6) is 0.551. The summed E-state index contributed by atoms with van der Waals surface area (Å²) in [6.45, 7) is 6.64. The number of likely N-dealkylation sites (tertiary alicyclic amines) is 1. The van der Waals surface area contributed by atoms with Crippen LogP contribution >= 0.6 is 11.3 Å². The molecule has 0 radical (unpaired) electrons. The van der Waals surface area contributed by atoms with Gasteiger partial charge in [0.15, 0.2) is 5.13 Å². The van der Waals surface area contributed by atoms with Crippen LogP contribution in [0.5, 0.6) is 0 Å². The summed E-state index contributed by atoms with van der Waals surface area (Å²) in [5, 5.41) is 0.731. The first kappa shape index (κ1) is 16.9. The number of benzene rings is 1. The number of carbonyl (C=O) groups is 1. The van der Waals surface area contributed by atoms with Crippen molar-refractivity contribution in [2.75, 3.05) is 25.0 Å². The Kier molecular flexibility index (Phi) is 5.43. The minimum absolute atomic E-state index is 0.125. The van der Waals surface area contributed by atoms with E-state index in [1.54, 1.807) is 23.3 Å². The molecule has 24 heavy (non-hydrogen) atoms. The fraction of sp³-hybridized carbons (Fsp3) is 0.368. The van der Waals surface area contributed by atoms with Gasteiger partial charge in [0.1, 0.15) is 0 Å². The zero-order valence-corrected chi connectivity index (χ0v) is 14.8. The van der Waals surface area contributed by atoms with Crippen LogP contribution in [-0.2, 0) is 11.3 Å². The first-order valence-electron chi connectivity index (χ1n) is 8.29. The van der Waals surface area contributed by atoms with Crippen molar-refractivity contribution in [2.24, 2.45) is 0 Å². The van der Waals surface area contributed by atoms with Gasteiger partial charge >= 0.3 is 0 Å². The highest BCUT2D eigenvalue weighted by atomic mass is 32.1. The van der Waals surface area contributed by atoms with Gasteiger partial charge in [-0.3, -0.25) is 14.6 Å². The topological polar surface area (TPSA) is 36.4 Å². The molecule has 0 N–H and O–H groups in total. The maximum atomic E-state index is 11.6. The van der Waals surface area contributed by atoms with Crippen LogP contribution in [0.2, 0.25) is 0 Å². The highest BCUT2D eigenvalue weighted by Crippen LogP contribution is 2.29. The summed E-state index contributed by atoms with van der Waals surface area (Å²) in [4.78, 5) is 21.2. The third-order valence-corrected chi connectivity index (χ3v) is 5.63. The number of hydrogen-bond donors (Lipinski definition) is 0. The quantitative estimate of drug-likeness (QED) is 0.779. The molecule has 0 spiro atoms. The molecule has 0 bridgehead atoms. The van der Waals surface area contributed by atoms with E-state index in [0.29, 0.717) is 5.92 Å². The van der Waals surface area contributed by atoms with Gasteiger partial charge in [0, 0.05) is 24.7 Å². The lowest BCUT2D eigenvalue weighted by molar-refractivity contribution is -0.113. The van der Waals surface area contributed by atoms with Crippen LogP contribution in [0, 0.1) is 0 Å². The zero-order chi connectivity index (χ0) is 16.9. The Bertz CT molecular complexity index is 690. The lowest BCUT2D eigenvalue weighted by Crippen LogP contribution is -2.32. The molecule has 0 atom stereocenters. The first-order valence-corrected chi connectivity index (χ1v) is 9.11. The average Bonchev–Trinajstić information content (AvgIpc) is 3.10. The van der Waals surface area contributed by atoms with E-state index < -0.39 is 0 Å². The van der Waals surface area contributed by atoms with Crippen LogP contribution in [-0.4, -0.2) is 35.9 Å². The molecule has 3 rings (SSSR count). The molecule has 1 saturated heterocycles. The minimum Gasteiger partial charge on any atom is -0.298 e. The van der Waals surface area contributed by atoms with Crippen molar-refractivity contribution in [2.45, 2.75) is 25.3 Å². The van der Waals surface area contributed by atoms with Crippen LogP contribution in [0.25, 0.3) is 0 Å². The molecule has 0 saturated carbocycles. The highest BCUT2D eigenvalue weighted by Gasteiger charge is 2.21. The van der Waals surface area contributed by atoms with Crippen LogP contribution in [0.4, 0.5) is 5.13 Å². The molecule has 1 aromatic carbocycles. The minimum atomic E-state index is -0.125. The molecule has 2 aromatic rings. The summed E-state index contributed by atoms with van der Waals surface area (Å²) in [6, 6.07) is 10.8. The van der Waals surface area contributed by atoms with Crippen molar-refractivity contribution in [1.29, 1.82) is 0 Å². The summed E-state index contributed by atoms with van der Waals surface area (Å²) in [7, 11) is 1.73. The number of piperidine rings is 1. The predicted molar refractivity (Wildman–Crippen MR) is 99.4 cm³/mol. The van der Waals surface area contributed by atoms with Gasteiger partial charge in [-0.15, -0.1) is 11.3 Å². The number of carbonyl (C=O) groups excluding carboxylic acids is 1. The Hall–Kier alpha value is -1.98. The molecule has 126 valence electrons. The molecular weight excluding hydrogens is 318 g/mol. The van der Waals surface area contributed by atoms with Gasteiger partial charge in [-0.2, -0.15) is 0 Å². The number of aromatic nitrogens is 1.